The third-order valence-electron chi connectivity index (χ3n) is 23.9. The molecule has 12 atom stereocenters. The van der Waals surface area contributed by atoms with Crippen molar-refractivity contribution in [3.8, 4) is 0 Å². The molecule has 6 aromatic rings. The van der Waals surface area contributed by atoms with Gasteiger partial charge in [-0.05, 0) is 191 Å². The minimum Gasteiger partial charge on any atom is -0.366 e. The first kappa shape index (κ1) is 98.2. The monoisotopic (exact) mass is 1750 g/mol. The smallest absolute Gasteiger partial charge is 0.277 e. The first-order chi connectivity index (χ1) is 59.7. The molecular formula is C90H138N24O12. The molecule has 6 amide bonds. The maximum Gasteiger partial charge on any atom is 0.277 e. The van der Waals surface area contributed by atoms with Crippen LogP contribution in [-0.2, 0) is 0 Å². The van der Waals surface area contributed by atoms with Crippen LogP contribution in [0.5, 0.6) is 0 Å². The molecule has 12 saturated heterocycles. The third-order valence-corrected chi connectivity index (χ3v) is 23.9. The molecule has 12 aliphatic rings. The number of fused-ring (bicyclic) bond motifs is 12. The van der Waals surface area contributed by atoms with E-state index >= 15 is 0 Å². The van der Waals surface area contributed by atoms with E-state index in [0.717, 1.165) is 132 Å². The number of pyridine rings is 2. The number of likely N-dealkylation sites (tertiary alicyclic amines) is 3. The van der Waals surface area contributed by atoms with E-state index in [1.54, 1.807) is 69.3 Å². The van der Waals surface area contributed by atoms with E-state index in [4.69, 9.17) is 31.2 Å². The number of aromatic nitrogens is 6. The Morgan fingerprint density at radius 2 is 0.532 bits per heavy atom. The van der Waals surface area contributed by atoms with E-state index in [2.05, 4.69) is 215 Å². The summed E-state index contributed by atoms with van der Waals surface area (Å²) in [5.74, 6) is 2.41. The molecule has 0 radical (unpaired) electrons. The van der Waals surface area contributed by atoms with Crippen LogP contribution >= 0.6 is 0 Å². The van der Waals surface area contributed by atoms with Gasteiger partial charge in [-0.25, -0.2) is 62.8 Å². The Labute approximate surface area is 741 Å². The van der Waals surface area contributed by atoms with E-state index in [1.165, 1.54) is 62.9 Å². The van der Waals surface area contributed by atoms with Crippen molar-refractivity contribution in [3.05, 3.63) is 143 Å². The number of hydrogen-bond donors (Lipinski definition) is 15. The van der Waals surface area contributed by atoms with Gasteiger partial charge in [-0.3, -0.25) is 74.7 Å². The van der Waals surface area contributed by atoms with E-state index < -0.39 is 35.4 Å². The molecule has 12 aliphatic heterocycles. The zero-order valence-corrected chi connectivity index (χ0v) is 76.6. The normalized spacial score (nSPS) is 24.2. The van der Waals surface area contributed by atoms with Crippen LogP contribution in [0.4, 0.5) is 34.9 Å². The molecule has 15 N–H and O–H groups in total. The van der Waals surface area contributed by atoms with Crippen molar-refractivity contribution in [2.24, 2.45) is 17.8 Å². The summed E-state index contributed by atoms with van der Waals surface area (Å²) in [4.78, 5) is 114. The molecule has 16 heterocycles. The zero-order chi connectivity index (χ0) is 91.8. The summed E-state index contributed by atoms with van der Waals surface area (Å²) in [5.41, 5.74) is 14.7. The second-order valence-electron chi connectivity index (χ2n) is 39.3. The van der Waals surface area contributed by atoms with Crippen LogP contribution < -0.4 is 78.2 Å². The van der Waals surface area contributed by atoms with Gasteiger partial charge in [0.25, 0.3) is 35.4 Å². The Morgan fingerprint density at radius 1 is 0.294 bits per heavy atom. The first-order valence-electron chi connectivity index (χ1n) is 44.3. The first-order valence-corrected chi connectivity index (χ1v) is 44.3. The lowest BCUT2D eigenvalue weighted by Crippen LogP contribution is -2.53. The molecule has 0 aliphatic carbocycles. The molecular weight excluding hydrogens is 1610 g/mol. The minimum atomic E-state index is -0.596. The largest absolute Gasteiger partial charge is 0.366 e. The van der Waals surface area contributed by atoms with Gasteiger partial charge in [-0.2, -0.15) is 0 Å². The number of hydroxylamine groups is 6. The van der Waals surface area contributed by atoms with Crippen LogP contribution in [0.25, 0.3) is 0 Å². The topological polar surface area (TPSA) is 439 Å². The van der Waals surface area contributed by atoms with Gasteiger partial charge in [0.15, 0.2) is 0 Å². The van der Waals surface area contributed by atoms with E-state index in [1.807, 2.05) is 36.4 Å². The van der Waals surface area contributed by atoms with Gasteiger partial charge in [-0.15, -0.1) is 0 Å². The van der Waals surface area contributed by atoms with Crippen molar-refractivity contribution in [1.29, 1.82) is 0 Å². The van der Waals surface area contributed by atoms with Crippen LogP contribution in [0.15, 0.2) is 110 Å². The van der Waals surface area contributed by atoms with Gasteiger partial charge in [0.2, 0.25) is 11.9 Å². The summed E-state index contributed by atoms with van der Waals surface area (Å²) in [6.07, 6.45) is 15.8. The van der Waals surface area contributed by atoms with Crippen molar-refractivity contribution in [2.75, 3.05) is 108 Å². The highest BCUT2D eigenvalue weighted by molar-refractivity contribution is 5.96. The number of amides is 6. The molecule has 126 heavy (non-hydrogen) atoms. The Hall–Kier alpha value is -9.96. The molecule has 12 bridgehead atoms. The number of nitrogens with zero attached hydrogens (tertiary/aromatic N) is 15. The summed E-state index contributed by atoms with van der Waals surface area (Å²) in [6, 6.07) is 28.3. The van der Waals surface area contributed by atoms with Gasteiger partial charge in [0.1, 0.15) is 11.6 Å². The van der Waals surface area contributed by atoms with E-state index in [0.29, 0.717) is 107 Å². The lowest BCUT2D eigenvalue weighted by Gasteiger charge is -2.42. The number of rotatable bonds is 12. The highest BCUT2D eigenvalue weighted by Crippen LogP contribution is 2.41. The molecule has 4 aromatic heterocycles. The van der Waals surface area contributed by atoms with Crippen molar-refractivity contribution in [2.45, 2.75) is 252 Å². The predicted molar refractivity (Wildman–Crippen MR) is 483 cm³/mol. The Balaban J connectivity index is 0.000000154. The molecule has 2 aromatic carbocycles. The molecule has 0 unspecified atom stereocenters. The molecule has 18 rings (SSSR count). The summed E-state index contributed by atoms with van der Waals surface area (Å²) in [6.45, 7) is 52.0. The number of carbonyl (C=O) groups excluding carboxylic acids is 6. The number of carbonyl (C=O) groups is 6. The minimum absolute atomic E-state index is 0.190. The molecule has 0 spiro atoms. The van der Waals surface area contributed by atoms with Crippen LogP contribution in [0.1, 0.15) is 225 Å². The van der Waals surface area contributed by atoms with Crippen LogP contribution in [0, 0.1) is 17.8 Å². The SMILES string of the molecule is CC(C)(C)N1C[C@@H]2C[C@H]1CN2c1ccc(C(=O)NO)cc1.CC(C)(C)N1C[C@@H]2C[C@H]1CN2c1ccc(C(=O)NO)cn1.CC(C)(C)N1C[C@@H]2C[C@H]1CN2c1ncc(C(=O)NO)cn1.CC(C)C.CC(C)C.CC(C)C.O=C(NO)c1ccc(N2C[C@H]3C[C@@H]2CN3)cc1.O=C(NO)c1ccc(N2C[C@H]3C[C@@H]2CN3)nc1.O=C(NO)c1cnc(N2C[C@H]3C[C@@H]2CN3)nc1. The molecule has 12 fully saturated rings. The molecule has 690 valence electrons. The van der Waals surface area contributed by atoms with Crippen LogP contribution in [0.3, 0.4) is 0 Å². The molecule has 36 nitrogen and oxygen atoms in total. The van der Waals surface area contributed by atoms with E-state index in [-0.39, 0.29) is 27.7 Å². The van der Waals surface area contributed by atoms with Crippen molar-refractivity contribution in [3.63, 3.8) is 0 Å². The van der Waals surface area contributed by atoms with Gasteiger partial charge in [0, 0.05) is 227 Å². The summed E-state index contributed by atoms with van der Waals surface area (Å²) in [5, 5.41) is 61.7. The zero-order valence-electron chi connectivity index (χ0n) is 76.6. The average molecular weight is 1750 g/mol. The van der Waals surface area contributed by atoms with Crippen LogP contribution in [-0.4, -0.2) is 279 Å². The number of hydrogen-bond acceptors (Lipinski definition) is 30. The Bertz CT molecular complexity index is 4040. The number of benzene rings is 2. The predicted octanol–water partition coefficient (Wildman–Crippen LogP) is 8.03. The molecule has 0 saturated carbocycles. The fourth-order valence-electron chi connectivity index (χ4n) is 18.4. The van der Waals surface area contributed by atoms with Gasteiger partial charge in [-0.1, -0.05) is 62.3 Å². The molecule has 36 heteroatoms. The number of anilines is 6. The maximum atomic E-state index is 11.3. The van der Waals surface area contributed by atoms with Gasteiger partial charge >= 0.3 is 0 Å². The number of nitrogens with one attached hydrogen (secondary N) is 9. The fourth-order valence-corrected chi connectivity index (χ4v) is 18.4. The second kappa shape index (κ2) is 43.7. The lowest BCUT2D eigenvalue weighted by atomic mass is 10.0. The summed E-state index contributed by atoms with van der Waals surface area (Å²) >= 11 is 0. The average Bonchev–Trinajstić information content (AvgIpc) is 1.62. The van der Waals surface area contributed by atoms with Gasteiger partial charge < -0.3 is 45.3 Å². The van der Waals surface area contributed by atoms with Gasteiger partial charge in [0.05, 0.1) is 22.3 Å². The van der Waals surface area contributed by atoms with E-state index in [9.17, 15) is 28.8 Å². The highest BCUT2D eigenvalue weighted by atomic mass is 16.5. The summed E-state index contributed by atoms with van der Waals surface area (Å²) in [7, 11) is 0. The van der Waals surface area contributed by atoms with Crippen molar-refractivity contribution in [1.82, 2.24) is 93.4 Å². The third kappa shape index (κ3) is 25.5. The van der Waals surface area contributed by atoms with Crippen molar-refractivity contribution >= 4 is 70.4 Å². The fraction of sp³-hybridized carbons (Fsp3) is 0.600. The Morgan fingerprint density at radius 3 is 0.786 bits per heavy atom. The number of piperazine rings is 6. The quantitative estimate of drug-likeness (QED) is 0.0407. The van der Waals surface area contributed by atoms with Crippen LogP contribution in [0.2, 0.25) is 0 Å². The Kier molecular flexibility index (Phi) is 34.1. The van der Waals surface area contributed by atoms with Crippen molar-refractivity contribution < 1.29 is 60.0 Å². The summed E-state index contributed by atoms with van der Waals surface area (Å²) < 4.78 is 0. The second-order valence-corrected chi connectivity index (χ2v) is 39.3. The highest BCUT2D eigenvalue weighted by Gasteiger charge is 2.51. The maximum absolute atomic E-state index is 11.3. The standard InChI is InChI=1S/C16H23N3O2.C15H22N4O2.C14H21N5O2.C12H15N3O2.C11H14N4O2.C10H13N5O2.3C4H10/c1-16(2,3)19-10-13-8-14(19)9-18(13)12-6-4-11(5-7-12)15(20)17-21;1-15(2,3)19-9-11-6-12(19)8-18(11)13-5-4-10(7-16-13)14(20)17-21;1-14(2,3)19-8-10-4-11(19)7-18(10)13-15-5-9(6-16-13)12(20)17-21;16-12(14-17)8-1-3-10(4-2-8)15-7-9-5-11(15)6-13-9;16-11(14-17)7-1-2-10(13-4-7)15-6-8-3-9(15)5-12-8;16-9(14-17)6-2-12-10(13-3-6)15-5-7-1-8(15)4-11-7;3*1-4(2)3/h4-7,13-14,21H,8-10H2,1-3H3,(H,17,20);4-5,7,11-12,21H,6,8-9H2,1-3H3,(H,17,20);5-6,10-11,21H,4,7-8H2,1-3H3,(H,17,20);1-4,9,11,13,17H,5-7H2,(H,14,16);1-2,4,8-9,12,17H,3,5-6H2,(H,14,16);2-3,7-8,11,17H,1,4-5H2,(H,14,16);3*4H,1-3H3/t13-,14-;11-,12-;10-,11-;9-,11-;8-,9-;7-,8-;;;/m000111.../s1. The lowest BCUT2D eigenvalue weighted by molar-refractivity contribution is 0.0701.